The third kappa shape index (κ3) is 58.8. The van der Waals surface area contributed by atoms with Gasteiger partial charge in [-0.1, -0.05) is 260 Å². The summed E-state index contributed by atoms with van der Waals surface area (Å²) in [6.45, 7) is 11.7. The quantitative estimate of drug-likeness (QED) is 0.0222. The molecule has 3 N–H and O–H groups in total. The van der Waals surface area contributed by atoms with Crippen LogP contribution in [-0.2, 0) is 65.4 Å². The second-order valence-corrected chi connectivity index (χ2v) is 27.5. The molecule has 0 amide bonds. The van der Waals surface area contributed by atoms with Crippen molar-refractivity contribution >= 4 is 39.5 Å². The van der Waals surface area contributed by atoms with Gasteiger partial charge in [0, 0.05) is 25.7 Å². The summed E-state index contributed by atoms with van der Waals surface area (Å²) in [5, 5.41) is 10.5. The molecule has 0 aliphatic carbocycles. The van der Waals surface area contributed by atoms with Gasteiger partial charge in [-0.25, -0.2) is 9.13 Å². The fourth-order valence-electron chi connectivity index (χ4n) is 9.48. The van der Waals surface area contributed by atoms with Crippen LogP contribution in [0.5, 0.6) is 0 Å². The number of carbonyl (C=O) groups is 4. The summed E-state index contributed by atoms with van der Waals surface area (Å²) >= 11 is 0. The molecule has 492 valence electrons. The van der Waals surface area contributed by atoms with E-state index in [1.165, 1.54) is 109 Å². The van der Waals surface area contributed by atoms with E-state index in [2.05, 4.69) is 48.5 Å². The van der Waals surface area contributed by atoms with Crippen molar-refractivity contribution in [3.63, 3.8) is 0 Å². The average molecular weight is 1230 g/mol. The smallest absolute Gasteiger partial charge is 0.462 e. The van der Waals surface area contributed by atoms with Gasteiger partial charge in [0.05, 0.1) is 26.4 Å². The monoisotopic (exact) mass is 1230 g/mol. The third-order valence-corrected chi connectivity index (χ3v) is 16.5. The van der Waals surface area contributed by atoms with Gasteiger partial charge in [0.25, 0.3) is 0 Å². The highest BCUT2D eigenvalue weighted by molar-refractivity contribution is 7.47. The van der Waals surface area contributed by atoms with Gasteiger partial charge in [0.15, 0.2) is 12.2 Å². The first kappa shape index (κ1) is 81.1. The van der Waals surface area contributed by atoms with Crippen molar-refractivity contribution in [1.29, 1.82) is 0 Å². The van der Waals surface area contributed by atoms with Crippen molar-refractivity contribution < 1.29 is 80.2 Å². The standard InChI is InChI=1S/C64H124O17P2/c1-8-9-10-11-21-31-38-45-61(66)74-51-59(80-63(68)47-40-33-26-19-13-16-23-29-36-43-56(4)5)53-78-82(70,71)76-49-58(65)50-77-83(72,73)79-54-60(81-64(69)48-41-34-27-20-14-17-24-30-37-44-57(6)7)52-75-62(67)46-39-32-25-18-12-15-22-28-35-42-55(2)3/h55-60,65H,8-54H2,1-7H3,(H,70,71)(H,72,73)/t58-,59+,60+/m0/s1. The van der Waals surface area contributed by atoms with Crippen LogP contribution in [0.15, 0.2) is 0 Å². The highest BCUT2D eigenvalue weighted by Crippen LogP contribution is 2.45. The molecule has 0 fully saturated rings. The number of hydrogen-bond acceptors (Lipinski definition) is 15. The first-order valence-corrected chi connectivity index (χ1v) is 36.3. The predicted octanol–water partition coefficient (Wildman–Crippen LogP) is 17.5. The molecule has 17 nitrogen and oxygen atoms in total. The number of phosphoric acid groups is 2. The maximum absolute atomic E-state index is 13.0. The Labute approximate surface area is 505 Å². The van der Waals surface area contributed by atoms with E-state index in [0.717, 1.165) is 120 Å². The Bertz CT molecular complexity index is 1650. The van der Waals surface area contributed by atoms with Crippen LogP contribution in [0.3, 0.4) is 0 Å². The van der Waals surface area contributed by atoms with E-state index >= 15 is 0 Å². The van der Waals surface area contributed by atoms with Gasteiger partial charge in [-0.3, -0.25) is 37.3 Å². The van der Waals surface area contributed by atoms with Crippen LogP contribution in [0.2, 0.25) is 0 Å². The first-order chi connectivity index (χ1) is 39.7. The Morgan fingerprint density at radius 2 is 0.554 bits per heavy atom. The topological polar surface area (TPSA) is 237 Å². The molecule has 5 atom stereocenters. The number of aliphatic hydroxyl groups excluding tert-OH is 1. The van der Waals surface area contributed by atoms with Crippen molar-refractivity contribution in [1.82, 2.24) is 0 Å². The van der Waals surface area contributed by atoms with Gasteiger partial charge in [0.2, 0.25) is 0 Å². The fraction of sp³-hybridized carbons (Fsp3) is 0.938. The van der Waals surface area contributed by atoms with Crippen LogP contribution in [-0.4, -0.2) is 96.7 Å². The molecule has 0 bridgehead atoms. The van der Waals surface area contributed by atoms with Crippen molar-refractivity contribution in [2.75, 3.05) is 39.6 Å². The molecule has 0 aliphatic rings. The van der Waals surface area contributed by atoms with Crippen LogP contribution in [0.25, 0.3) is 0 Å². The summed E-state index contributed by atoms with van der Waals surface area (Å²) in [6, 6.07) is 0. The number of ether oxygens (including phenoxy) is 4. The molecular weight excluding hydrogens is 1100 g/mol. The van der Waals surface area contributed by atoms with Crippen molar-refractivity contribution in [3.05, 3.63) is 0 Å². The molecule has 0 spiro atoms. The fourth-order valence-corrected chi connectivity index (χ4v) is 11.1. The third-order valence-electron chi connectivity index (χ3n) is 14.6. The Morgan fingerprint density at radius 3 is 0.819 bits per heavy atom. The molecule has 19 heteroatoms. The first-order valence-electron chi connectivity index (χ1n) is 33.3. The highest BCUT2D eigenvalue weighted by atomic mass is 31.2. The number of esters is 4. The lowest BCUT2D eigenvalue weighted by Crippen LogP contribution is -2.30. The zero-order valence-corrected chi connectivity index (χ0v) is 55.4. The molecule has 0 aromatic carbocycles. The van der Waals surface area contributed by atoms with Gasteiger partial charge in [-0.2, -0.15) is 0 Å². The summed E-state index contributed by atoms with van der Waals surface area (Å²) in [7, 11) is -9.88. The predicted molar refractivity (Wildman–Crippen MR) is 331 cm³/mol. The molecule has 83 heavy (non-hydrogen) atoms. The Hall–Kier alpha value is -1.94. The Morgan fingerprint density at radius 1 is 0.325 bits per heavy atom. The lowest BCUT2D eigenvalue weighted by Gasteiger charge is -2.21. The lowest BCUT2D eigenvalue weighted by molar-refractivity contribution is -0.161. The van der Waals surface area contributed by atoms with Gasteiger partial charge in [0.1, 0.15) is 19.3 Å². The Kier molecular flexibility index (Phi) is 54.1. The van der Waals surface area contributed by atoms with E-state index in [0.29, 0.717) is 25.7 Å². The lowest BCUT2D eigenvalue weighted by atomic mass is 10.0. The highest BCUT2D eigenvalue weighted by Gasteiger charge is 2.30. The number of carbonyl (C=O) groups excluding carboxylic acids is 4. The molecule has 0 saturated carbocycles. The van der Waals surface area contributed by atoms with Crippen LogP contribution in [0.4, 0.5) is 0 Å². The number of rotatable bonds is 62. The normalized spacial score (nSPS) is 14.4. The average Bonchev–Trinajstić information content (AvgIpc) is 3.45. The van der Waals surface area contributed by atoms with E-state index in [1.54, 1.807) is 0 Å². The second kappa shape index (κ2) is 55.4. The summed E-state index contributed by atoms with van der Waals surface area (Å²) in [4.78, 5) is 72.1. The molecule has 0 aromatic heterocycles. The van der Waals surface area contributed by atoms with Gasteiger partial charge < -0.3 is 33.8 Å². The van der Waals surface area contributed by atoms with E-state index < -0.39 is 97.5 Å². The summed E-state index contributed by atoms with van der Waals surface area (Å²) < 4.78 is 67.9. The number of hydrogen-bond donors (Lipinski definition) is 3. The van der Waals surface area contributed by atoms with Crippen molar-refractivity contribution in [2.45, 2.75) is 330 Å². The van der Waals surface area contributed by atoms with Gasteiger partial charge >= 0.3 is 39.5 Å². The van der Waals surface area contributed by atoms with E-state index in [9.17, 15) is 43.2 Å². The van der Waals surface area contributed by atoms with Crippen LogP contribution in [0, 0.1) is 17.8 Å². The van der Waals surface area contributed by atoms with Gasteiger partial charge in [-0.15, -0.1) is 0 Å². The molecule has 2 unspecified atom stereocenters. The van der Waals surface area contributed by atoms with E-state index in [-0.39, 0.29) is 25.7 Å². The zero-order chi connectivity index (χ0) is 61.7. The largest absolute Gasteiger partial charge is 0.472 e. The molecule has 0 aromatic rings. The van der Waals surface area contributed by atoms with Crippen LogP contribution >= 0.6 is 15.6 Å². The minimum Gasteiger partial charge on any atom is -0.462 e. The molecule has 0 heterocycles. The Balaban J connectivity index is 5.23. The second-order valence-electron chi connectivity index (χ2n) is 24.6. The molecule has 0 radical (unpaired) electrons. The van der Waals surface area contributed by atoms with E-state index in [4.69, 9.17) is 37.0 Å². The molecule has 0 rings (SSSR count). The SMILES string of the molecule is CCCCCCCCCC(=O)OC[C@H](COP(=O)(O)OC[C@H](O)COP(=O)(O)OC[C@@H](COC(=O)CCCCCCCCCCCC(C)C)OC(=O)CCCCCCCCCCCC(C)C)OC(=O)CCCCCCCCCCCC(C)C. The zero-order valence-electron chi connectivity index (χ0n) is 53.6. The molecular formula is C64H124O17P2. The number of unbranched alkanes of at least 4 members (excludes halogenated alkanes) is 30. The van der Waals surface area contributed by atoms with Gasteiger partial charge in [-0.05, 0) is 43.4 Å². The minimum atomic E-state index is -4.94. The maximum Gasteiger partial charge on any atom is 0.472 e. The summed E-state index contributed by atoms with van der Waals surface area (Å²) in [5.74, 6) is 0.0767. The van der Waals surface area contributed by atoms with Crippen LogP contribution in [0.1, 0.15) is 312 Å². The van der Waals surface area contributed by atoms with Crippen molar-refractivity contribution in [2.24, 2.45) is 17.8 Å². The minimum absolute atomic E-state index is 0.104. The number of aliphatic hydroxyl groups is 1. The molecule has 0 aliphatic heterocycles. The van der Waals surface area contributed by atoms with Crippen LogP contribution < -0.4 is 0 Å². The maximum atomic E-state index is 13.0. The summed E-state index contributed by atoms with van der Waals surface area (Å²) in [5.41, 5.74) is 0. The molecule has 0 saturated heterocycles. The van der Waals surface area contributed by atoms with E-state index in [1.807, 2.05) is 0 Å². The van der Waals surface area contributed by atoms with Crippen molar-refractivity contribution in [3.8, 4) is 0 Å². The summed E-state index contributed by atoms with van der Waals surface area (Å²) in [6.07, 6.45) is 36.3. The number of phosphoric ester groups is 2.